The number of hydrogen-bond donors (Lipinski definition) is 1. The lowest BCUT2D eigenvalue weighted by Crippen LogP contribution is -2.33. The summed E-state index contributed by atoms with van der Waals surface area (Å²) >= 11 is 1.86. The van der Waals surface area contributed by atoms with Gasteiger partial charge in [-0.25, -0.2) is 0 Å². The van der Waals surface area contributed by atoms with Crippen LogP contribution in [-0.4, -0.2) is 38.8 Å². The first kappa shape index (κ1) is 15.2. The second-order valence-electron chi connectivity index (χ2n) is 5.92. The fraction of sp³-hybridized carbons (Fsp3) is 0.500. The van der Waals surface area contributed by atoms with E-state index in [1.165, 1.54) is 20.9 Å². The quantitative estimate of drug-likeness (QED) is 0.920. The molecule has 22 heavy (non-hydrogen) atoms. The zero-order valence-electron chi connectivity index (χ0n) is 12.7. The van der Waals surface area contributed by atoms with Gasteiger partial charge in [0.25, 0.3) is 0 Å². The molecule has 2 aromatic rings. The molecule has 0 aromatic carbocycles. The Labute approximate surface area is 134 Å². The summed E-state index contributed by atoms with van der Waals surface area (Å²) in [5.74, 6) is -0.446. The van der Waals surface area contributed by atoms with Crippen LogP contribution in [0.15, 0.2) is 24.4 Å². The lowest BCUT2D eigenvalue weighted by molar-refractivity contribution is -0.137. The summed E-state index contributed by atoms with van der Waals surface area (Å²) < 4.78 is 1.51. The number of aliphatic carboxylic acids is 1. The fourth-order valence-electron chi connectivity index (χ4n) is 3.05. The molecule has 0 amide bonds. The van der Waals surface area contributed by atoms with E-state index in [-0.39, 0.29) is 6.54 Å². The molecule has 1 N–H and O–H groups in total. The van der Waals surface area contributed by atoms with Crippen molar-refractivity contribution in [1.82, 2.24) is 14.7 Å². The van der Waals surface area contributed by atoms with E-state index in [9.17, 15) is 4.79 Å². The van der Waals surface area contributed by atoms with Gasteiger partial charge in [0, 0.05) is 35.0 Å². The largest absolute Gasteiger partial charge is 0.480 e. The maximum Gasteiger partial charge on any atom is 0.325 e. The number of nitrogens with zero attached hydrogens (tertiary/aromatic N) is 3. The predicted molar refractivity (Wildman–Crippen MR) is 86.2 cm³/mol. The third kappa shape index (κ3) is 3.75. The average molecular weight is 319 g/mol. The third-order valence-corrected chi connectivity index (χ3v) is 5.04. The molecular weight excluding hydrogens is 298 g/mol. The number of aromatic nitrogens is 2. The molecule has 0 spiro atoms. The molecule has 1 atom stereocenters. The van der Waals surface area contributed by atoms with Crippen LogP contribution in [0.3, 0.4) is 0 Å². The minimum atomic E-state index is -0.854. The Bertz CT molecular complexity index is 649. The van der Waals surface area contributed by atoms with Crippen LogP contribution in [0.4, 0.5) is 0 Å². The predicted octanol–water partition coefficient (Wildman–Crippen LogP) is 2.72. The van der Waals surface area contributed by atoms with Crippen LogP contribution < -0.4 is 0 Å². The maximum absolute atomic E-state index is 10.7. The molecule has 0 bridgehead atoms. The van der Waals surface area contributed by atoms with E-state index in [0.717, 1.165) is 31.7 Å². The van der Waals surface area contributed by atoms with Gasteiger partial charge in [-0.05, 0) is 44.5 Å². The summed E-state index contributed by atoms with van der Waals surface area (Å²) in [6, 6.07) is 6.35. The molecule has 1 aliphatic rings. The average Bonchev–Trinajstić information content (AvgIpc) is 3.08. The van der Waals surface area contributed by atoms with Gasteiger partial charge in [0.2, 0.25) is 0 Å². The maximum atomic E-state index is 10.7. The van der Waals surface area contributed by atoms with E-state index in [0.29, 0.717) is 5.92 Å². The van der Waals surface area contributed by atoms with Crippen LogP contribution in [0, 0.1) is 6.92 Å². The van der Waals surface area contributed by atoms with Crippen molar-refractivity contribution in [3.63, 3.8) is 0 Å². The summed E-state index contributed by atoms with van der Waals surface area (Å²) in [6.07, 6.45) is 4.07. The first-order valence-corrected chi connectivity index (χ1v) is 8.44. The van der Waals surface area contributed by atoms with Crippen molar-refractivity contribution in [1.29, 1.82) is 0 Å². The van der Waals surface area contributed by atoms with Crippen LogP contribution >= 0.6 is 11.3 Å². The zero-order chi connectivity index (χ0) is 15.5. The molecule has 1 saturated heterocycles. The van der Waals surface area contributed by atoms with E-state index in [1.54, 1.807) is 6.20 Å². The van der Waals surface area contributed by atoms with Crippen LogP contribution in [0.5, 0.6) is 0 Å². The van der Waals surface area contributed by atoms with Crippen molar-refractivity contribution in [3.05, 3.63) is 39.8 Å². The van der Waals surface area contributed by atoms with Gasteiger partial charge in [-0.2, -0.15) is 5.10 Å². The van der Waals surface area contributed by atoms with E-state index in [2.05, 4.69) is 29.1 Å². The smallest absolute Gasteiger partial charge is 0.325 e. The summed E-state index contributed by atoms with van der Waals surface area (Å²) in [6.45, 7) is 5.21. The number of carbonyl (C=O) groups is 1. The molecule has 0 radical (unpaired) electrons. The van der Waals surface area contributed by atoms with E-state index >= 15 is 0 Å². The summed E-state index contributed by atoms with van der Waals surface area (Å²) in [5, 5.41) is 13.3. The number of aryl methyl sites for hydroxylation is 1. The third-order valence-electron chi connectivity index (χ3n) is 4.06. The van der Waals surface area contributed by atoms with Gasteiger partial charge in [0.15, 0.2) is 0 Å². The van der Waals surface area contributed by atoms with Crippen molar-refractivity contribution < 1.29 is 9.90 Å². The minimum absolute atomic E-state index is 0.0646. The van der Waals surface area contributed by atoms with E-state index < -0.39 is 5.97 Å². The molecule has 0 aliphatic carbocycles. The fourth-order valence-corrected chi connectivity index (χ4v) is 3.99. The molecule has 1 fully saturated rings. The molecule has 3 rings (SSSR count). The number of carboxylic acids is 1. The van der Waals surface area contributed by atoms with Crippen molar-refractivity contribution >= 4 is 17.3 Å². The van der Waals surface area contributed by atoms with Gasteiger partial charge in [-0.1, -0.05) is 0 Å². The molecule has 3 heterocycles. The highest BCUT2D eigenvalue weighted by Gasteiger charge is 2.23. The second-order valence-corrected chi connectivity index (χ2v) is 7.29. The van der Waals surface area contributed by atoms with Gasteiger partial charge in [0.1, 0.15) is 6.54 Å². The van der Waals surface area contributed by atoms with Gasteiger partial charge in [-0.15, -0.1) is 11.3 Å². The van der Waals surface area contributed by atoms with Crippen molar-refractivity contribution in [2.75, 3.05) is 13.1 Å². The Morgan fingerprint density at radius 3 is 3.05 bits per heavy atom. The molecule has 0 unspecified atom stereocenters. The van der Waals surface area contributed by atoms with E-state index in [1.807, 2.05) is 17.4 Å². The Kier molecular flexibility index (Phi) is 4.59. The molecule has 118 valence electrons. The number of rotatable bonds is 5. The standard InChI is InChI=1S/C16H21N3O2S/c1-12-4-5-14(22-12)10-18-7-2-3-13(9-18)15-6-8-19(17-15)11-16(20)21/h4-6,8,13H,2-3,7,9-11H2,1H3,(H,20,21)/t13-/m1/s1. The van der Waals surface area contributed by atoms with Gasteiger partial charge in [0.05, 0.1) is 5.69 Å². The summed E-state index contributed by atoms with van der Waals surface area (Å²) in [5.41, 5.74) is 1.02. The molecule has 2 aromatic heterocycles. The van der Waals surface area contributed by atoms with Gasteiger partial charge < -0.3 is 5.11 Å². The zero-order valence-corrected chi connectivity index (χ0v) is 13.6. The normalized spacial score (nSPS) is 19.4. The Morgan fingerprint density at radius 1 is 1.45 bits per heavy atom. The molecule has 5 nitrogen and oxygen atoms in total. The number of carboxylic acid groups (broad SMARTS) is 1. The van der Waals surface area contributed by atoms with Crippen LogP contribution in [0.2, 0.25) is 0 Å². The highest BCUT2D eigenvalue weighted by Crippen LogP contribution is 2.27. The topological polar surface area (TPSA) is 58.4 Å². The highest BCUT2D eigenvalue weighted by molar-refractivity contribution is 7.11. The SMILES string of the molecule is Cc1ccc(CN2CCC[C@@H](c3ccn(CC(=O)O)n3)C2)s1. The number of piperidine rings is 1. The van der Waals surface area contributed by atoms with Crippen molar-refractivity contribution in [2.24, 2.45) is 0 Å². The van der Waals surface area contributed by atoms with Gasteiger partial charge in [-0.3, -0.25) is 14.4 Å². The number of hydrogen-bond acceptors (Lipinski definition) is 4. The van der Waals surface area contributed by atoms with Crippen molar-refractivity contribution in [2.45, 2.75) is 38.8 Å². The van der Waals surface area contributed by atoms with E-state index in [4.69, 9.17) is 5.11 Å². The Morgan fingerprint density at radius 2 is 2.32 bits per heavy atom. The Hall–Kier alpha value is -1.66. The summed E-state index contributed by atoms with van der Waals surface area (Å²) in [7, 11) is 0. The van der Waals surface area contributed by atoms with Gasteiger partial charge >= 0.3 is 5.97 Å². The lowest BCUT2D eigenvalue weighted by Gasteiger charge is -2.31. The van der Waals surface area contributed by atoms with Crippen LogP contribution in [0.1, 0.15) is 34.2 Å². The van der Waals surface area contributed by atoms with Crippen LogP contribution in [0.25, 0.3) is 0 Å². The highest BCUT2D eigenvalue weighted by atomic mass is 32.1. The number of thiophene rings is 1. The van der Waals surface area contributed by atoms with Crippen LogP contribution in [-0.2, 0) is 17.9 Å². The minimum Gasteiger partial charge on any atom is -0.480 e. The molecular formula is C16H21N3O2S. The monoisotopic (exact) mass is 319 g/mol. The Balaban J connectivity index is 1.62. The lowest BCUT2D eigenvalue weighted by atomic mass is 9.95. The number of likely N-dealkylation sites (tertiary alicyclic amines) is 1. The van der Waals surface area contributed by atoms with Crippen molar-refractivity contribution in [3.8, 4) is 0 Å². The molecule has 0 saturated carbocycles. The first-order chi connectivity index (χ1) is 10.6. The second kappa shape index (κ2) is 6.62. The summed E-state index contributed by atoms with van der Waals surface area (Å²) in [4.78, 5) is 16.0. The molecule has 1 aliphatic heterocycles. The molecule has 6 heteroatoms. The first-order valence-electron chi connectivity index (χ1n) is 7.63.